The molecule has 0 radical (unpaired) electrons. The predicted octanol–water partition coefficient (Wildman–Crippen LogP) is 1.63. The number of carbonyl (C=O) groups is 1. The van der Waals surface area contributed by atoms with Gasteiger partial charge in [-0.1, -0.05) is 13.0 Å². The van der Waals surface area contributed by atoms with Gasteiger partial charge in [-0.25, -0.2) is 0 Å². The fourth-order valence-corrected chi connectivity index (χ4v) is 2.38. The van der Waals surface area contributed by atoms with E-state index >= 15 is 0 Å². The number of nitro groups is 1. The molecule has 2 N–H and O–H groups in total. The van der Waals surface area contributed by atoms with Crippen LogP contribution in [-0.2, 0) is 0 Å². The van der Waals surface area contributed by atoms with Crippen LogP contribution < -0.4 is 10.6 Å². The molecule has 20 heavy (non-hydrogen) atoms. The molecule has 1 heterocycles. The van der Waals surface area contributed by atoms with Crippen molar-refractivity contribution in [2.24, 2.45) is 5.92 Å². The van der Waals surface area contributed by atoms with Crippen molar-refractivity contribution in [3.05, 3.63) is 39.4 Å². The van der Waals surface area contributed by atoms with Gasteiger partial charge in [0.25, 0.3) is 11.6 Å². The van der Waals surface area contributed by atoms with Crippen LogP contribution in [0.5, 0.6) is 0 Å². The number of rotatable bonds is 3. The number of aryl methyl sites for hydroxylation is 1. The second-order valence-corrected chi connectivity index (χ2v) is 5.31. The molecule has 1 aromatic rings. The second-order valence-electron chi connectivity index (χ2n) is 5.31. The zero-order valence-corrected chi connectivity index (χ0v) is 11.7. The molecular formula is C14H19N3O3. The summed E-state index contributed by atoms with van der Waals surface area (Å²) in [4.78, 5) is 22.6. The molecule has 108 valence electrons. The van der Waals surface area contributed by atoms with Gasteiger partial charge in [0.1, 0.15) is 0 Å². The predicted molar refractivity (Wildman–Crippen MR) is 75.7 cm³/mol. The number of hydrogen-bond acceptors (Lipinski definition) is 4. The number of piperidine rings is 1. The maximum Gasteiger partial charge on any atom is 0.273 e. The highest BCUT2D eigenvalue weighted by Gasteiger charge is 2.24. The van der Waals surface area contributed by atoms with Crippen molar-refractivity contribution in [1.29, 1.82) is 0 Å². The number of amides is 1. The molecule has 0 bridgehead atoms. The second kappa shape index (κ2) is 6.00. The van der Waals surface area contributed by atoms with Gasteiger partial charge in [0.05, 0.1) is 4.92 Å². The Morgan fingerprint density at radius 1 is 1.50 bits per heavy atom. The van der Waals surface area contributed by atoms with E-state index in [9.17, 15) is 14.9 Å². The minimum atomic E-state index is -0.461. The highest BCUT2D eigenvalue weighted by atomic mass is 16.6. The molecule has 0 aliphatic carbocycles. The number of benzene rings is 1. The average Bonchev–Trinajstić information content (AvgIpc) is 2.41. The van der Waals surface area contributed by atoms with E-state index in [1.165, 1.54) is 6.07 Å². The first-order valence-corrected chi connectivity index (χ1v) is 6.75. The third kappa shape index (κ3) is 3.14. The first-order valence-electron chi connectivity index (χ1n) is 6.75. The van der Waals surface area contributed by atoms with E-state index in [0.717, 1.165) is 19.5 Å². The van der Waals surface area contributed by atoms with E-state index in [0.29, 0.717) is 17.0 Å². The third-order valence-electron chi connectivity index (χ3n) is 3.81. The fourth-order valence-electron chi connectivity index (χ4n) is 2.38. The van der Waals surface area contributed by atoms with Crippen molar-refractivity contribution in [2.45, 2.75) is 26.3 Å². The summed E-state index contributed by atoms with van der Waals surface area (Å²) < 4.78 is 0. The molecule has 2 unspecified atom stereocenters. The van der Waals surface area contributed by atoms with Gasteiger partial charge in [0.2, 0.25) is 0 Å². The summed E-state index contributed by atoms with van der Waals surface area (Å²) in [6, 6.07) is 4.64. The summed E-state index contributed by atoms with van der Waals surface area (Å²) in [5, 5.41) is 17.1. The van der Waals surface area contributed by atoms with Crippen molar-refractivity contribution in [3.8, 4) is 0 Å². The molecule has 0 spiro atoms. The van der Waals surface area contributed by atoms with Crippen LogP contribution in [0.25, 0.3) is 0 Å². The van der Waals surface area contributed by atoms with E-state index in [1.54, 1.807) is 19.1 Å². The molecule has 1 aromatic carbocycles. The molecular weight excluding hydrogens is 258 g/mol. The molecule has 0 saturated carbocycles. The molecule has 1 aliphatic heterocycles. The third-order valence-corrected chi connectivity index (χ3v) is 3.81. The topological polar surface area (TPSA) is 84.3 Å². The summed E-state index contributed by atoms with van der Waals surface area (Å²) in [7, 11) is 0. The lowest BCUT2D eigenvalue weighted by Gasteiger charge is -2.30. The van der Waals surface area contributed by atoms with Crippen LogP contribution >= 0.6 is 0 Å². The van der Waals surface area contributed by atoms with Gasteiger partial charge in [-0.2, -0.15) is 0 Å². The van der Waals surface area contributed by atoms with Crippen molar-refractivity contribution < 1.29 is 9.72 Å². The highest BCUT2D eigenvalue weighted by molar-refractivity contribution is 5.95. The van der Waals surface area contributed by atoms with Gasteiger partial charge < -0.3 is 10.6 Å². The van der Waals surface area contributed by atoms with Gasteiger partial charge >= 0.3 is 0 Å². The lowest BCUT2D eigenvalue weighted by molar-refractivity contribution is -0.385. The Morgan fingerprint density at radius 3 is 2.90 bits per heavy atom. The average molecular weight is 277 g/mol. The van der Waals surface area contributed by atoms with Crippen LogP contribution in [0.1, 0.15) is 29.3 Å². The molecule has 2 rings (SSSR count). The molecule has 6 heteroatoms. The Hall–Kier alpha value is -1.95. The van der Waals surface area contributed by atoms with Crippen molar-refractivity contribution in [1.82, 2.24) is 10.6 Å². The van der Waals surface area contributed by atoms with E-state index in [1.807, 2.05) is 0 Å². The molecule has 0 aromatic heterocycles. The Kier molecular flexibility index (Phi) is 4.34. The van der Waals surface area contributed by atoms with Crippen LogP contribution in [0.4, 0.5) is 5.69 Å². The molecule has 1 aliphatic rings. The summed E-state index contributed by atoms with van der Waals surface area (Å²) >= 11 is 0. The maximum atomic E-state index is 12.2. The van der Waals surface area contributed by atoms with Gasteiger partial charge in [-0.15, -0.1) is 0 Å². The van der Waals surface area contributed by atoms with Gasteiger partial charge in [0.15, 0.2) is 0 Å². The Bertz CT molecular complexity index is 530. The number of carbonyl (C=O) groups excluding carboxylic acids is 1. The number of hydrogen-bond donors (Lipinski definition) is 2. The standard InChI is InChI=1S/C14H19N3O3/c1-9-5-6-15-8-12(9)16-14(18)11-4-3-10(2)13(7-11)17(19)20/h3-4,7,9,12,15H,5-6,8H2,1-2H3,(H,16,18). The van der Waals surface area contributed by atoms with Crippen molar-refractivity contribution in [3.63, 3.8) is 0 Å². The molecule has 2 atom stereocenters. The molecule has 1 fully saturated rings. The normalized spacial score (nSPS) is 22.3. The van der Waals surface area contributed by atoms with Crippen LogP contribution in [0, 0.1) is 23.0 Å². The van der Waals surface area contributed by atoms with Crippen LogP contribution in [0.2, 0.25) is 0 Å². The number of nitrogens with one attached hydrogen (secondary N) is 2. The fraction of sp³-hybridized carbons (Fsp3) is 0.500. The molecule has 1 amide bonds. The minimum Gasteiger partial charge on any atom is -0.348 e. The first-order chi connectivity index (χ1) is 9.49. The van der Waals surface area contributed by atoms with E-state index in [2.05, 4.69) is 17.6 Å². The van der Waals surface area contributed by atoms with E-state index in [4.69, 9.17) is 0 Å². The largest absolute Gasteiger partial charge is 0.348 e. The Balaban J connectivity index is 2.13. The summed E-state index contributed by atoms with van der Waals surface area (Å²) in [6.07, 6.45) is 1.01. The quantitative estimate of drug-likeness (QED) is 0.649. The number of nitro benzene ring substituents is 1. The SMILES string of the molecule is Cc1ccc(C(=O)NC2CNCCC2C)cc1[N+](=O)[O-]. The molecule has 6 nitrogen and oxygen atoms in total. The van der Waals surface area contributed by atoms with Crippen LogP contribution in [0.3, 0.4) is 0 Å². The zero-order chi connectivity index (χ0) is 14.7. The van der Waals surface area contributed by atoms with Gasteiger partial charge in [-0.05, 0) is 31.9 Å². The van der Waals surface area contributed by atoms with Gasteiger partial charge in [-0.3, -0.25) is 14.9 Å². The van der Waals surface area contributed by atoms with Crippen molar-refractivity contribution in [2.75, 3.05) is 13.1 Å². The van der Waals surface area contributed by atoms with Crippen molar-refractivity contribution >= 4 is 11.6 Å². The van der Waals surface area contributed by atoms with E-state index < -0.39 is 4.92 Å². The van der Waals surface area contributed by atoms with Crippen LogP contribution in [-0.4, -0.2) is 30.0 Å². The lowest BCUT2D eigenvalue weighted by Crippen LogP contribution is -2.50. The minimum absolute atomic E-state index is 0.0209. The molecule has 1 saturated heterocycles. The Morgan fingerprint density at radius 2 is 2.25 bits per heavy atom. The summed E-state index contributed by atoms with van der Waals surface area (Å²) in [6.45, 7) is 5.46. The zero-order valence-electron chi connectivity index (χ0n) is 11.7. The van der Waals surface area contributed by atoms with E-state index in [-0.39, 0.29) is 17.6 Å². The summed E-state index contributed by atoms with van der Waals surface area (Å²) in [5.74, 6) is 0.147. The Labute approximate surface area is 117 Å². The van der Waals surface area contributed by atoms with Gasteiger partial charge in [0, 0.05) is 29.8 Å². The highest BCUT2D eigenvalue weighted by Crippen LogP contribution is 2.20. The number of nitrogens with zero attached hydrogens (tertiary/aromatic N) is 1. The monoisotopic (exact) mass is 277 g/mol. The summed E-state index contributed by atoms with van der Waals surface area (Å²) in [5.41, 5.74) is 0.867. The first kappa shape index (κ1) is 14.5. The van der Waals surface area contributed by atoms with Crippen LogP contribution in [0.15, 0.2) is 18.2 Å². The smallest absolute Gasteiger partial charge is 0.273 e. The maximum absolute atomic E-state index is 12.2. The lowest BCUT2D eigenvalue weighted by atomic mass is 9.94.